The van der Waals surface area contributed by atoms with Gasteiger partial charge in [-0.3, -0.25) is 0 Å². The molecule has 0 fully saturated rings. The molecular formula is C11H12FN. The Morgan fingerprint density at radius 1 is 1.31 bits per heavy atom. The van der Waals surface area contributed by atoms with Crippen molar-refractivity contribution in [2.45, 2.75) is 19.8 Å². The molecule has 1 aromatic carbocycles. The highest BCUT2D eigenvalue weighted by atomic mass is 19.1. The molecule has 0 amide bonds. The van der Waals surface area contributed by atoms with Gasteiger partial charge in [-0.15, -0.1) is 0 Å². The van der Waals surface area contributed by atoms with E-state index in [0.29, 0.717) is 0 Å². The van der Waals surface area contributed by atoms with E-state index in [9.17, 15) is 4.39 Å². The van der Waals surface area contributed by atoms with Gasteiger partial charge in [-0.25, -0.2) is 4.39 Å². The first-order chi connectivity index (χ1) is 6.18. The van der Waals surface area contributed by atoms with Crippen molar-refractivity contribution in [2.24, 2.45) is 0 Å². The van der Waals surface area contributed by atoms with Crippen molar-refractivity contribution in [3.8, 4) is 0 Å². The lowest BCUT2D eigenvalue weighted by atomic mass is 10.0. The normalized spacial score (nSPS) is 11.4. The van der Waals surface area contributed by atoms with Crippen molar-refractivity contribution in [3.63, 3.8) is 0 Å². The highest BCUT2D eigenvalue weighted by molar-refractivity contribution is 5.80. The summed E-state index contributed by atoms with van der Waals surface area (Å²) in [4.78, 5) is 2.99. The Kier molecular flexibility index (Phi) is 1.83. The van der Waals surface area contributed by atoms with E-state index < -0.39 is 0 Å². The van der Waals surface area contributed by atoms with Crippen LogP contribution in [0.3, 0.4) is 0 Å². The molecule has 0 atom stereocenters. The van der Waals surface area contributed by atoms with E-state index in [2.05, 4.69) is 4.98 Å². The highest BCUT2D eigenvalue weighted by Crippen LogP contribution is 2.23. The Morgan fingerprint density at radius 2 is 2.08 bits per heavy atom. The average molecular weight is 177 g/mol. The monoisotopic (exact) mass is 177 g/mol. The van der Waals surface area contributed by atoms with Crippen LogP contribution in [-0.2, 0) is 0 Å². The number of hydrogen-bond donors (Lipinski definition) is 1. The molecule has 1 nitrogen and oxygen atoms in total. The summed E-state index contributed by atoms with van der Waals surface area (Å²) in [5, 5.41) is 1.07. The summed E-state index contributed by atoms with van der Waals surface area (Å²) in [6.07, 6.45) is 1.83. The van der Waals surface area contributed by atoms with Gasteiger partial charge in [-0.05, 0) is 35.1 Å². The fourth-order valence-electron chi connectivity index (χ4n) is 1.53. The molecular weight excluding hydrogens is 165 g/mol. The summed E-state index contributed by atoms with van der Waals surface area (Å²) < 4.78 is 13.4. The minimum Gasteiger partial charge on any atom is -0.361 e. The molecule has 2 heteroatoms. The second-order valence-electron chi connectivity index (χ2n) is 3.59. The summed E-state index contributed by atoms with van der Waals surface area (Å²) in [6.45, 7) is 3.99. The maximum atomic E-state index is 13.4. The number of aromatic amines is 1. The van der Waals surface area contributed by atoms with Gasteiger partial charge in [0.15, 0.2) is 0 Å². The lowest BCUT2D eigenvalue weighted by molar-refractivity contribution is 0.600. The molecule has 2 aromatic rings. The predicted octanol–water partition coefficient (Wildman–Crippen LogP) is 3.43. The lowest BCUT2D eigenvalue weighted by Crippen LogP contribution is -1.92. The van der Waals surface area contributed by atoms with Crippen molar-refractivity contribution in [2.75, 3.05) is 0 Å². The molecule has 68 valence electrons. The molecule has 0 spiro atoms. The minimum atomic E-state index is -0.120. The smallest absolute Gasteiger partial charge is 0.128 e. The van der Waals surface area contributed by atoms with Gasteiger partial charge in [-0.1, -0.05) is 13.8 Å². The van der Waals surface area contributed by atoms with Crippen LogP contribution in [0.4, 0.5) is 4.39 Å². The predicted molar refractivity (Wildman–Crippen MR) is 52.3 cm³/mol. The van der Waals surface area contributed by atoms with Gasteiger partial charge in [0.2, 0.25) is 0 Å². The third-order valence-electron chi connectivity index (χ3n) is 2.29. The van der Waals surface area contributed by atoms with Crippen molar-refractivity contribution in [3.05, 3.63) is 35.8 Å². The second kappa shape index (κ2) is 2.87. The van der Waals surface area contributed by atoms with E-state index in [-0.39, 0.29) is 11.7 Å². The van der Waals surface area contributed by atoms with Crippen LogP contribution in [0.1, 0.15) is 25.3 Å². The van der Waals surface area contributed by atoms with Gasteiger partial charge in [0.25, 0.3) is 0 Å². The molecule has 13 heavy (non-hydrogen) atoms. The molecule has 0 aliphatic heterocycles. The Balaban J connectivity index is 2.69. The third-order valence-corrected chi connectivity index (χ3v) is 2.29. The fraction of sp³-hybridized carbons (Fsp3) is 0.273. The molecule has 0 saturated heterocycles. The number of H-pyrrole nitrogens is 1. The molecule has 0 unspecified atom stereocenters. The number of aromatic nitrogens is 1. The Hall–Kier alpha value is -1.31. The maximum Gasteiger partial charge on any atom is 0.128 e. The molecule has 2 rings (SSSR count). The maximum absolute atomic E-state index is 13.4. The first kappa shape index (κ1) is 8.30. The first-order valence-electron chi connectivity index (χ1n) is 4.45. The fourth-order valence-corrected chi connectivity index (χ4v) is 1.53. The Labute approximate surface area is 76.6 Å². The zero-order valence-electron chi connectivity index (χ0n) is 7.76. The number of halogens is 1. The summed E-state index contributed by atoms with van der Waals surface area (Å²) in [5.41, 5.74) is 1.65. The van der Waals surface area contributed by atoms with Crippen LogP contribution in [-0.4, -0.2) is 4.98 Å². The number of fused-ring (bicyclic) bond motifs is 1. The van der Waals surface area contributed by atoms with E-state index in [1.807, 2.05) is 32.2 Å². The minimum absolute atomic E-state index is 0.120. The zero-order valence-corrected chi connectivity index (χ0v) is 7.76. The van der Waals surface area contributed by atoms with E-state index in [4.69, 9.17) is 0 Å². The van der Waals surface area contributed by atoms with Gasteiger partial charge >= 0.3 is 0 Å². The zero-order chi connectivity index (χ0) is 9.42. The summed E-state index contributed by atoms with van der Waals surface area (Å²) in [6, 6.07) is 5.43. The molecule has 0 saturated carbocycles. The molecule has 1 heterocycles. The lowest BCUT2D eigenvalue weighted by Gasteiger charge is -2.06. The van der Waals surface area contributed by atoms with Crippen molar-refractivity contribution < 1.29 is 4.39 Å². The molecule has 0 aliphatic rings. The van der Waals surface area contributed by atoms with Crippen LogP contribution in [0.15, 0.2) is 24.4 Å². The first-order valence-corrected chi connectivity index (χ1v) is 4.45. The van der Waals surface area contributed by atoms with E-state index in [1.165, 1.54) is 0 Å². The van der Waals surface area contributed by atoms with Crippen LogP contribution in [0.5, 0.6) is 0 Å². The van der Waals surface area contributed by atoms with E-state index in [1.54, 1.807) is 6.07 Å². The number of benzene rings is 1. The Bertz CT molecular complexity index is 429. The number of nitrogens with one attached hydrogen (secondary N) is 1. The van der Waals surface area contributed by atoms with Crippen molar-refractivity contribution in [1.82, 2.24) is 4.98 Å². The van der Waals surface area contributed by atoms with Gasteiger partial charge in [0, 0.05) is 11.7 Å². The molecule has 1 aromatic heterocycles. The summed E-state index contributed by atoms with van der Waals surface area (Å²) in [7, 11) is 0. The SMILES string of the molecule is CC(C)c1cc2cc[nH]c2cc1F. The second-order valence-corrected chi connectivity index (χ2v) is 3.59. The van der Waals surface area contributed by atoms with Crippen LogP contribution in [0, 0.1) is 5.82 Å². The number of hydrogen-bond acceptors (Lipinski definition) is 0. The quantitative estimate of drug-likeness (QED) is 0.686. The topological polar surface area (TPSA) is 15.8 Å². The van der Waals surface area contributed by atoms with E-state index in [0.717, 1.165) is 16.5 Å². The van der Waals surface area contributed by atoms with Crippen molar-refractivity contribution >= 4 is 10.9 Å². The average Bonchev–Trinajstić information content (AvgIpc) is 2.48. The summed E-state index contributed by atoms with van der Waals surface area (Å²) in [5.74, 6) is 0.115. The highest BCUT2D eigenvalue weighted by Gasteiger charge is 2.08. The molecule has 0 radical (unpaired) electrons. The van der Waals surface area contributed by atoms with Gasteiger partial charge in [0.05, 0.1) is 0 Å². The molecule has 1 N–H and O–H groups in total. The standard InChI is InChI=1S/C11H12FN/c1-7(2)9-5-8-3-4-13-11(8)6-10(9)12/h3-7,13H,1-2H3. The van der Waals surface area contributed by atoms with Crippen LogP contribution in [0.2, 0.25) is 0 Å². The van der Waals surface area contributed by atoms with Gasteiger partial charge in [-0.2, -0.15) is 0 Å². The summed E-state index contributed by atoms with van der Waals surface area (Å²) >= 11 is 0. The molecule has 0 aliphatic carbocycles. The van der Waals surface area contributed by atoms with Crippen molar-refractivity contribution in [1.29, 1.82) is 0 Å². The van der Waals surface area contributed by atoms with Gasteiger partial charge < -0.3 is 4.98 Å². The third kappa shape index (κ3) is 1.32. The van der Waals surface area contributed by atoms with E-state index >= 15 is 0 Å². The van der Waals surface area contributed by atoms with Crippen LogP contribution in [0.25, 0.3) is 10.9 Å². The van der Waals surface area contributed by atoms with Gasteiger partial charge in [0.1, 0.15) is 5.82 Å². The largest absolute Gasteiger partial charge is 0.361 e. The Morgan fingerprint density at radius 3 is 2.77 bits per heavy atom. The van der Waals surface area contributed by atoms with Crippen LogP contribution < -0.4 is 0 Å². The molecule has 0 bridgehead atoms. The number of rotatable bonds is 1. The van der Waals surface area contributed by atoms with Crippen LogP contribution >= 0.6 is 0 Å².